The van der Waals surface area contributed by atoms with Gasteiger partial charge in [0.2, 0.25) is 0 Å². The number of rotatable bonds is 23. The van der Waals surface area contributed by atoms with Crippen molar-refractivity contribution in [1.82, 2.24) is 0 Å². The minimum absolute atomic E-state index is 0. The fourth-order valence-electron chi connectivity index (χ4n) is 3.92. The van der Waals surface area contributed by atoms with Gasteiger partial charge >= 0.3 is 29.9 Å². The number of unbranched alkanes of at least 4 members (excludes halogenated alkanes) is 15. The average Bonchev–Trinajstić information content (AvgIpc) is 2.78. The number of carbonyl (C=O) groups excluding carboxylic acids is 1. The molecule has 1 unspecified atom stereocenters. The summed E-state index contributed by atoms with van der Waals surface area (Å²) in [4.78, 5) is 12.5. The van der Waals surface area contributed by atoms with Crippen LogP contribution in [0.2, 0.25) is 0 Å². The maximum absolute atomic E-state index is 12.5. The molecule has 2 nitrogen and oxygen atoms in total. The number of allylic oxidation sites excluding steroid dienone is 2. The molecular formula is C28H56O2SSn. The first-order valence-corrected chi connectivity index (χ1v) is 14.1. The van der Waals surface area contributed by atoms with E-state index in [4.69, 9.17) is 17.4 Å². The van der Waals surface area contributed by atoms with Crippen molar-refractivity contribution < 1.29 is 9.53 Å². The fraction of sp³-hybridized carbons (Fsp3) is 0.893. The number of ether oxygens (including phenoxy) is 1. The van der Waals surface area contributed by atoms with E-state index < -0.39 is 4.75 Å². The summed E-state index contributed by atoms with van der Waals surface area (Å²) >= 11 is 4.72. The third-order valence-corrected chi connectivity index (χ3v) is 7.02. The molecular weight excluding hydrogens is 519 g/mol. The molecule has 0 aromatic rings. The molecule has 32 heavy (non-hydrogen) atoms. The molecule has 190 valence electrons. The van der Waals surface area contributed by atoms with Crippen molar-refractivity contribution in [3.8, 4) is 0 Å². The van der Waals surface area contributed by atoms with Crippen LogP contribution in [0.15, 0.2) is 12.2 Å². The SMILES string of the molecule is CCCCCCCC/C=C\CCCCCCC(S)(CC)C(=O)OCCCCCCCC.[SnH2]. The summed E-state index contributed by atoms with van der Waals surface area (Å²) in [6.07, 6.45) is 29.0. The van der Waals surface area contributed by atoms with Crippen LogP contribution in [0, 0.1) is 0 Å². The fourth-order valence-corrected chi connectivity index (χ4v) is 4.14. The number of carbonyl (C=O) groups is 1. The Morgan fingerprint density at radius 2 is 1.12 bits per heavy atom. The van der Waals surface area contributed by atoms with Crippen LogP contribution in [-0.2, 0) is 9.53 Å². The molecule has 0 heterocycles. The van der Waals surface area contributed by atoms with Gasteiger partial charge in [0.15, 0.2) is 0 Å². The van der Waals surface area contributed by atoms with Crippen LogP contribution in [0.1, 0.15) is 149 Å². The van der Waals surface area contributed by atoms with Gasteiger partial charge in [-0.15, -0.1) is 0 Å². The van der Waals surface area contributed by atoms with Crippen molar-refractivity contribution in [3.05, 3.63) is 12.2 Å². The van der Waals surface area contributed by atoms with Gasteiger partial charge in [-0.25, -0.2) is 0 Å². The van der Waals surface area contributed by atoms with Gasteiger partial charge in [0.25, 0.3) is 0 Å². The normalized spacial score (nSPS) is 13.1. The third-order valence-electron chi connectivity index (χ3n) is 6.30. The zero-order chi connectivity index (χ0) is 23.0. The molecule has 0 saturated heterocycles. The molecule has 0 rings (SSSR count). The van der Waals surface area contributed by atoms with Crippen LogP contribution in [0.3, 0.4) is 0 Å². The Balaban J connectivity index is 0. The number of hydrogen-bond acceptors (Lipinski definition) is 3. The second kappa shape index (κ2) is 26.0. The molecule has 0 aromatic carbocycles. The molecule has 0 fully saturated rings. The van der Waals surface area contributed by atoms with E-state index in [1.54, 1.807) is 0 Å². The van der Waals surface area contributed by atoms with Crippen molar-refractivity contribution in [2.45, 2.75) is 154 Å². The maximum atomic E-state index is 12.5. The Kier molecular flexibility index (Phi) is 28.0. The molecule has 4 heteroatoms. The number of esters is 1. The van der Waals surface area contributed by atoms with Crippen molar-refractivity contribution >= 4 is 42.5 Å². The van der Waals surface area contributed by atoms with Crippen molar-refractivity contribution in [3.63, 3.8) is 0 Å². The predicted molar refractivity (Wildman–Crippen MR) is 150 cm³/mol. The summed E-state index contributed by atoms with van der Waals surface area (Å²) in [5.74, 6) is -0.107. The Labute approximate surface area is 223 Å². The van der Waals surface area contributed by atoms with E-state index >= 15 is 0 Å². The van der Waals surface area contributed by atoms with Crippen molar-refractivity contribution in [1.29, 1.82) is 0 Å². The monoisotopic (exact) mass is 576 g/mol. The van der Waals surface area contributed by atoms with Gasteiger partial charge in [0.05, 0.1) is 6.61 Å². The Hall–Kier alpha value is 0.359. The van der Waals surface area contributed by atoms with Gasteiger partial charge in [0.1, 0.15) is 4.75 Å². The summed E-state index contributed by atoms with van der Waals surface area (Å²) in [5, 5.41) is 0. The van der Waals surface area contributed by atoms with Crippen LogP contribution in [0.4, 0.5) is 0 Å². The van der Waals surface area contributed by atoms with Gasteiger partial charge in [-0.05, 0) is 44.9 Å². The van der Waals surface area contributed by atoms with Gasteiger partial charge in [-0.1, -0.05) is 116 Å². The van der Waals surface area contributed by atoms with Crippen molar-refractivity contribution in [2.75, 3.05) is 6.61 Å². The van der Waals surface area contributed by atoms with E-state index in [1.807, 2.05) is 6.92 Å². The second-order valence-corrected chi connectivity index (χ2v) is 10.1. The molecule has 2 radical (unpaired) electrons. The molecule has 0 aliphatic heterocycles. The third kappa shape index (κ3) is 20.9. The summed E-state index contributed by atoms with van der Waals surface area (Å²) in [7, 11) is 0. The van der Waals surface area contributed by atoms with Crippen LogP contribution < -0.4 is 0 Å². The van der Waals surface area contributed by atoms with E-state index in [-0.39, 0.29) is 29.9 Å². The molecule has 0 aliphatic rings. The summed E-state index contributed by atoms with van der Waals surface area (Å²) < 4.78 is 4.95. The summed E-state index contributed by atoms with van der Waals surface area (Å²) in [5.41, 5.74) is 0. The van der Waals surface area contributed by atoms with Crippen LogP contribution in [-0.4, -0.2) is 41.2 Å². The number of thiol groups is 1. The molecule has 0 N–H and O–H groups in total. The Morgan fingerprint density at radius 3 is 1.62 bits per heavy atom. The van der Waals surface area contributed by atoms with Gasteiger partial charge in [-0.2, -0.15) is 12.6 Å². The minimum atomic E-state index is -0.598. The molecule has 0 aliphatic carbocycles. The van der Waals surface area contributed by atoms with Gasteiger partial charge < -0.3 is 4.74 Å². The van der Waals surface area contributed by atoms with E-state index in [0.29, 0.717) is 6.61 Å². The van der Waals surface area contributed by atoms with E-state index in [1.165, 1.54) is 96.3 Å². The standard InChI is InChI=1S/C28H54O2S.Sn.2H/c1-4-7-9-11-13-14-15-16-17-18-19-20-21-23-25-28(31,6-3)27(29)30-26-24-22-12-10-8-5-2;;;/h16-17,31H,4-15,18-26H2,1-3H3;;;/b17-16-;;;. The summed E-state index contributed by atoms with van der Waals surface area (Å²) in [6.45, 7) is 7.10. The van der Waals surface area contributed by atoms with Crippen molar-refractivity contribution in [2.24, 2.45) is 0 Å². The Morgan fingerprint density at radius 1 is 0.688 bits per heavy atom. The second-order valence-electron chi connectivity index (χ2n) is 9.27. The first-order chi connectivity index (χ1) is 15.1. The molecule has 0 amide bonds. The summed E-state index contributed by atoms with van der Waals surface area (Å²) in [6, 6.07) is 0. The first kappa shape index (κ1) is 34.5. The van der Waals surface area contributed by atoms with E-state index in [0.717, 1.165) is 32.1 Å². The zero-order valence-corrected chi connectivity index (χ0v) is 26.9. The molecule has 0 saturated carbocycles. The van der Waals surface area contributed by atoms with Crippen LogP contribution in [0.25, 0.3) is 0 Å². The topological polar surface area (TPSA) is 26.3 Å². The molecule has 0 spiro atoms. The van der Waals surface area contributed by atoms with Crippen LogP contribution >= 0.6 is 12.6 Å². The van der Waals surface area contributed by atoms with Gasteiger partial charge in [-0.3, -0.25) is 4.79 Å². The molecule has 1 atom stereocenters. The molecule has 0 bridgehead atoms. The first-order valence-electron chi connectivity index (χ1n) is 13.6. The van der Waals surface area contributed by atoms with Gasteiger partial charge in [0, 0.05) is 0 Å². The van der Waals surface area contributed by atoms with E-state index in [9.17, 15) is 4.79 Å². The van der Waals surface area contributed by atoms with E-state index in [2.05, 4.69) is 26.0 Å². The average molecular weight is 576 g/mol. The predicted octanol–water partition coefficient (Wildman–Crippen LogP) is 8.70. The number of hydrogen-bond donors (Lipinski definition) is 1. The van der Waals surface area contributed by atoms with Crippen LogP contribution in [0.5, 0.6) is 0 Å². The quantitative estimate of drug-likeness (QED) is 0.0434. The Bertz CT molecular complexity index is 428. The molecule has 0 aromatic heterocycles. The zero-order valence-electron chi connectivity index (χ0n) is 22.0.